The number of halogens is 1. The Morgan fingerprint density at radius 3 is 2.65 bits per heavy atom. The van der Waals surface area contributed by atoms with Gasteiger partial charge in [0.25, 0.3) is 0 Å². The van der Waals surface area contributed by atoms with E-state index in [-0.39, 0.29) is 0 Å². The average molecular weight is 332 g/mol. The Morgan fingerprint density at radius 2 is 1.96 bits per heavy atom. The molecule has 1 aromatic carbocycles. The number of aromatic nitrogens is 2. The van der Waals surface area contributed by atoms with Crippen molar-refractivity contribution in [1.82, 2.24) is 14.9 Å². The second-order valence-corrected chi connectivity index (χ2v) is 5.89. The molecule has 1 saturated heterocycles. The van der Waals surface area contributed by atoms with Crippen molar-refractivity contribution >= 4 is 35.5 Å². The van der Waals surface area contributed by atoms with E-state index < -0.39 is 0 Å². The first kappa shape index (κ1) is 15.6. The summed E-state index contributed by atoms with van der Waals surface area (Å²) in [5, 5.41) is 3.85. The summed E-state index contributed by atoms with van der Waals surface area (Å²) in [4.78, 5) is 23.8. The quantitative estimate of drug-likeness (QED) is 0.872. The summed E-state index contributed by atoms with van der Waals surface area (Å²) >= 11 is 6.00. The highest BCUT2D eigenvalue weighted by Crippen LogP contribution is 2.21. The van der Waals surface area contributed by atoms with Crippen LogP contribution in [0.3, 0.4) is 0 Å². The molecule has 6 nitrogen and oxygen atoms in total. The number of rotatable bonds is 4. The van der Waals surface area contributed by atoms with Gasteiger partial charge in [-0.1, -0.05) is 17.7 Å². The van der Waals surface area contributed by atoms with Crippen LogP contribution in [0.1, 0.15) is 5.69 Å². The van der Waals surface area contributed by atoms with Gasteiger partial charge in [-0.15, -0.1) is 0 Å². The number of hydrogen-bond donors (Lipinski definition) is 1. The molecular formula is C16H18ClN5O. The topological polar surface area (TPSA) is 61.4 Å². The van der Waals surface area contributed by atoms with Crippen LogP contribution in [0.25, 0.3) is 0 Å². The van der Waals surface area contributed by atoms with Gasteiger partial charge >= 0.3 is 0 Å². The highest BCUT2D eigenvalue weighted by Gasteiger charge is 2.17. The standard InChI is InChI=1S/C16H18ClN5O/c1-12-9-15(22-7-5-21(11-23)6-8-22)20-16(18-12)19-14-4-2-3-13(17)10-14/h2-4,9-11H,5-8H2,1H3,(H,18,19,20). The van der Waals surface area contributed by atoms with E-state index in [2.05, 4.69) is 20.2 Å². The minimum atomic E-state index is 0.542. The van der Waals surface area contributed by atoms with E-state index in [0.29, 0.717) is 24.1 Å². The molecule has 0 radical (unpaired) electrons. The molecule has 1 N–H and O–H groups in total. The van der Waals surface area contributed by atoms with Crippen molar-refractivity contribution in [1.29, 1.82) is 0 Å². The highest BCUT2D eigenvalue weighted by molar-refractivity contribution is 6.30. The van der Waals surface area contributed by atoms with Crippen LogP contribution in [0.4, 0.5) is 17.5 Å². The van der Waals surface area contributed by atoms with Crippen LogP contribution in [0.5, 0.6) is 0 Å². The maximum atomic E-state index is 10.8. The molecule has 1 fully saturated rings. The molecular weight excluding hydrogens is 314 g/mol. The van der Waals surface area contributed by atoms with Crippen molar-refractivity contribution in [2.75, 3.05) is 36.4 Å². The monoisotopic (exact) mass is 331 g/mol. The summed E-state index contributed by atoms with van der Waals surface area (Å²) in [7, 11) is 0. The van der Waals surface area contributed by atoms with Gasteiger partial charge in [0, 0.05) is 48.6 Å². The van der Waals surface area contributed by atoms with Gasteiger partial charge in [-0.3, -0.25) is 4.79 Å². The van der Waals surface area contributed by atoms with Crippen molar-refractivity contribution in [3.63, 3.8) is 0 Å². The Morgan fingerprint density at radius 1 is 1.17 bits per heavy atom. The zero-order valence-corrected chi connectivity index (χ0v) is 13.6. The largest absolute Gasteiger partial charge is 0.353 e. The lowest BCUT2D eigenvalue weighted by molar-refractivity contribution is -0.118. The minimum absolute atomic E-state index is 0.542. The molecule has 3 rings (SSSR count). The van der Waals surface area contributed by atoms with Gasteiger partial charge in [-0.05, 0) is 25.1 Å². The lowest BCUT2D eigenvalue weighted by atomic mass is 10.3. The average Bonchev–Trinajstić information content (AvgIpc) is 2.54. The smallest absolute Gasteiger partial charge is 0.229 e. The molecule has 0 unspecified atom stereocenters. The number of carbonyl (C=O) groups is 1. The first-order valence-electron chi connectivity index (χ1n) is 7.46. The third-order valence-corrected chi connectivity index (χ3v) is 3.94. The number of aryl methyl sites for hydroxylation is 1. The summed E-state index contributed by atoms with van der Waals surface area (Å²) < 4.78 is 0. The van der Waals surface area contributed by atoms with Crippen LogP contribution in [0, 0.1) is 6.92 Å². The van der Waals surface area contributed by atoms with E-state index in [9.17, 15) is 4.79 Å². The third-order valence-electron chi connectivity index (χ3n) is 3.71. The number of anilines is 3. The Labute approximate surface area is 140 Å². The first-order chi connectivity index (χ1) is 11.1. The zero-order valence-electron chi connectivity index (χ0n) is 12.9. The lowest BCUT2D eigenvalue weighted by Crippen LogP contribution is -2.46. The molecule has 120 valence electrons. The first-order valence-corrected chi connectivity index (χ1v) is 7.84. The maximum absolute atomic E-state index is 10.8. The van der Waals surface area contributed by atoms with E-state index in [1.54, 1.807) is 4.90 Å². The third kappa shape index (κ3) is 3.90. The van der Waals surface area contributed by atoms with E-state index in [1.165, 1.54) is 0 Å². The fourth-order valence-electron chi connectivity index (χ4n) is 2.52. The van der Waals surface area contributed by atoms with Crippen LogP contribution in [0.15, 0.2) is 30.3 Å². The minimum Gasteiger partial charge on any atom is -0.353 e. The van der Waals surface area contributed by atoms with Gasteiger partial charge < -0.3 is 15.1 Å². The van der Waals surface area contributed by atoms with Crippen molar-refractivity contribution in [3.05, 3.63) is 41.0 Å². The van der Waals surface area contributed by atoms with Gasteiger partial charge in [-0.2, -0.15) is 4.98 Å². The summed E-state index contributed by atoms with van der Waals surface area (Å²) in [6.07, 6.45) is 0.898. The normalized spacial score (nSPS) is 14.7. The second kappa shape index (κ2) is 6.83. The lowest BCUT2D eigenvalue weighted by Gasteiger charge is -2.33. The summed E-state index contributed by atoms with van der Waals surface area (Å²) in [5.74, 6) is 1.41. The van der Waals surface area contributed by atoms with Crippen molar-refractivity contribution in [2.24, 2.45) is 0 Å². The summed E-state index contributed by atoms with van der Waals surface area (Å²) in [6, 6.07) is 9.40. The number of nitrogens with one attached hydrogen (secondary N) is 1. The predicted octanol–water partition coefficient (Wildman–Crippen LogP) is 2.46. The van der Waals surface area contributed by atoms with Crippen molar-refractivity contribution in [3.8, 4) is 0 Å². The SMILES string of the molecule is Cc1cc(N2CCN(C=O)CC2)nc(Nc2cccc(Cl)c2)n1. The van der Waals surface area contributed by atoms with Gasteiger partial charge in [-0.25, -0.2) is 4.98 Å². The molecule has 0 bridgehead atoms. The zero-order chi connectivity index (χ0) is 16.2. The molecule has 1 aliphatic rings. The Bertz CT molecular complexity index is 701. The van der Waals surface area contributed by atoms with Crippen LogP contribution in [0.2, 0.25) is 5.02 Å². The van der Waals surface area contributed by atoms with Gasteiger partial charge in [0.05, 0.1) is 0 Å². The fourth-order valence-corrected chi connectivity index (χ4v) is 2.71. The van der Waals surface area contributed by atoms with E-state index in [1.807, 2.05) is 37.3 Å². The Hall–Kier alpha value is -2.34. The number of amides is 1. The number of nitrogens with zero attached hydrogens (tertiary/aromatic N) is 4. The number of piperazine rings is 1. The van der Waals surface area contributed by atoms with Gasteiger partial charge in [0.1, 0.15) is 5.82 Å². The molecule has 0 atom stereocenters. The van der Waals surface area contributed by atoms with Crippen molar-refractivity contribution in [2.45, 2.75) is 6.92 Å². The summed E-state index contributed by atoms with van der Waals surface area (Å²) in [5.41, 5.74) is 1.73. The van der Waals surface area contributed by atoms with Crippen LogP contribution in [-0.2, 0) is 4.79 Å². The van der Waals surface area contributed by atoms with E-state index in [0.717, 1.165) is 36.7 Å². The van der Waals surface area contributed by atoms with Gasteiger partial charge in [0.15, 0.2) is 0 Å². The number of hydrogen-bond acceptors (Lipinski definition) is 5. The second-order valence-electron chi connectivity index (χ2n) is 5.45. The van der Waals surface area contributed by atoms with E-state index in [4.69, 9.17) is 11.6 Å². The molecule has 1 aromatic heterocycles. The van der Waals surface area contributed by atoms with E-state index >= 15 is 0 Å². The molecule has 2 heterocycles. The van der Waals surface area contributed by atoms with Gasteiger partial charge in [0.2, 0.25) is 12.4 Å². The van der Waals surface area contributed by atoms with Crippen LogP contribution in [-0.4, -0.2) is 47.5 Å². The van der Waals surface area contributed by atoms with Crippen LogP contribution < -0.4 is 10.2 Å². The molecule has 2 aromatic rings. The molecule has 1 aliphatic heterocycles. The van der Waals surface area contributed by atoms with Crippen LogP contribution >= 0.6 is 11.6 Å². The summed E-state index contributed by atoms with van der Waals surface area (Å²) in [6.45, 7) is 4.90. The number of benzene rings is 1. The molecule has 0 spiro atoms. The van der Waals surface area contributed by atoms with Crippen molar-refractivity contribution < 1.29 is 4.79 Å². The molecule has 7 heteroatoms. The molecule has 23 heavy (non-hydrogen) atoms. The Kier molecular flexibility index (Phi) is 4.62. The molecule has 1 amide bonds. The number of carbonyl (C=O) groups excluding carboxylic acids is 1. The molecule has 0 saturated carbocycles. The Balaban J connectivity index is 1.78. The maximum Gasteiger partial charge on any atom is 0.229 e. The molecule has 0 aliphatic carbocycles. The highest BCUT2D eigenvalue weighted by atomic mass is 35.5. The predicted molar refractivity (Wildman–Crippen MR) is 91.4 cm³/mol. The fraction of sp³-hybridized carbons (Fsp3) is 0.312.